The summed E-state index contributed by atoms with van der Waals surface area (Å²) in [5.41, 5.74) is 5.96. The average Bonchev–Trinajstić information content (AvgIpc) is 2.45. The molecule has 0 saturated heterocycles. The molecule has 4 nitrogen and oxygen atoms in total. The van der Waals surface area contributed by atoms with E-state index in [-0.39, 0.29) is 6.02 Å². The number of hydrogen-bond donors (Lipinski definition) is 1. The molecule has 0 aromatic heterocycles. The van der Waals surface area contributed by atoms with Crippen LogP contribution in [0.2, 0.25) is 5.02 Å². The molecule has 0 spiro atoms. The standard InChI is InChI=1S/C9H6BrClN2O2/c10-6-3-4(11)1-2-5(6)7-8(14)13-9(12)15-7/h1-3,7H,(H2,12,13,14). The van der Waals surface area contributed by atoms with Crippen molar-refractivity contribution in [1.82, 2.24) is 0 Å². The molecule has 0 saturated carbocycles. The molecule has 2 N–H and O–H groups in total. The predicted molar refractivity (Wildman–Crippen MR) is 59.6 cm³/mol. The Balaban J connectivity index is 2.36. The molecule has 1 aromatic rings. The van der Waals surface area contributed by atoms with Gasteiger partial charge >= 0.3 is 0 Å². The molecule has 1 unspecified atom stereocenters. The van der Waals surface area contributed by atoms with Crippen LogP contribution in [0, 0.1) is 0 Å². The molecule has 1 aromatic carbocycles. The number of ether oxygens (including phenoxy) is 1. The summed E-state index contributed by atoms with van der Waals surface area (Å²) >= 11 is 9.08. The predicted octanol–water partition coefficient (Wildman–Crippen LogP) is 2.02. The van der Waals surface area contributed by atoms with Gasteiger partial charge in [0, 0.05) is 15.1 Å². The molecule has 1 amide bonds. The average molecular weight is 290 g/mol. The normalized spacial score (nSPS) is 20.0. The minimum absolute atomic E-state index is 0.105. The molecule has 1 aliphatic heterocycles. The van der Waals surface area contributed by atoms with E-state index in [0.29, 0.717) is 15.1 Å². The van der Waals surface area contributed by atoms with E-state index in [4.69, 9.17) is 22.1 Å². The molecule has 6 heteroatoms. The van der Waals surface area contributed by atoms with E-state index >= 15 is 0 Å². The lowest BCUT2D eigenvalue weighted by Gasteiger charge is -2.10. The number of halogens is 2. The first-order valence-electron chi connectivity index (χ1n) is 4.07. The number of carbonyl (C=O) groups is 1. The highest BCUT2D eigenvalue weighted by Crippen LogP contribution is 2.31. The first-order chi connectivity index (χ1) is 7.08. The Morgan fingerprint density at radius 1 is 1.53 bits per heavy atom. The number of aliphatic imine (C=N–C) groups is 1. The number of rotatable bonds is 1. The van der Waals surface area contributed by atoms with E-state index in [1.54, 1.807) is 18.2 Å². The molecular formula is C9H6BrClN2O2. The molecule has 78 valence electrons. The van der Waals surface area contributed by atoms with Crippen LogP contribution in [-0.2, 0) is 9.53 Å². The Hall–Kier alpha value is -1.07. The number of hydrogen-bond acceptors (Lipinski definition) is 3. The summed E-state index contributed by atoms with van der Waals surface area (Å²) in [6.45, 7) is 0. The van der Waals surface area contributed by atoms with Crippen LogP contribution in [0.3, 0.4) is 0 Å². The van der Waals surface area contributed by atoms with E-state index in [1.807, 2.05) is 0 Å². The van der Waals surface area contributed by atoms with Gasteiger partial charge in [-0.1, -0.05) is 33.6 Å². The van der Waals surface area contributed by atoms with Crippen LogP contribution in [-0.4, -0.2) is 11.9 Å². The fraction of sp³-hybridized carbons (Fsp3) is 0.111. The third-order valence-electron chi connectivity index (χ3n) is 1.93. The van der Waals surface area contributed by atoms with Gasteiger partial charge in [0.25, 0.3) is 11.9 Å². The van der Waals surface area contributed by atoms with Gasteiger partial charge in [0.15, 0.2) is 0 Å². The maximum atomic E-state index is 11.4. The van der Waals surface area contributed by atoms with E-state index in [0.717, 1.165) is 0 Å². The Kier molecular flexibility index (Phi) is 2.67. The zero-order chi connectivity index (χ0) is 11.0. The maximum Gasteiger partial charge on any atom is 0.296 e. The number of amidine groups is 1. The van der Waals surface area contributed by atoms with Crippen molar-refractivity contribution in [2.45, 2.75) is 6.10 Å². The highest BCUT2D eigenvalue weighted by molar-refractivity contribution is 9.10. The van der Waals surface area contributed by atoms with Gasteiger partial charge in [-0.3, -0.25) is 4.79 Å². The molecule has 1 heterocycles. The smallest absolute Gasteiger partial charge is 0.296 e. The van der Waals surface area contributed by atoms with Crippen molar-refractivity contribution >= 4 is 39.5 Å². The van der Waals surface area contributed by atoms with Gasteiger partial charge in [0.1, 0.15) is 0 Å². The zero-order valence-electron chi connectivity index (χ0n) is 7.41. The topological polar surface area (TPSA) is 64.7 Å². The fourth-order valence-corrected chi connectivity index (χ4v) is 2.17. The van der Waals surface area contributed by atoms with Gasteiger partial charge in [0.2, 0.25) is 6.10 Å². The Labute approximate surface area is 99.2 Å². The minimum Gasteiger partial charge on any atom is -0.447 e. The number of carbonyl (C=O) groups excluding carboxylic acids is 1. The van der Waals surface area contributed by atoms with E-state index in [1.165, 1.54) is 0 Å². The number of nitrogens with two attached hydrogens (primary N) is 1. The zero-order valence-corrected chi connectivity index (χ0v) is 9.75. The summed E-state index contributed by atoms with van der Waals surface area (Å²) < 4.78 is 5.78. The van der Waals surface area contributed by atoms with Gasteiger partial charge in [-0.25, -0.2) is 0 Å². The molecule has 1 aliphatic rings. The van der Waals surface area contributed by atoms with Crippen LogP contribution < -0.4 is 5.73 Å². The second-order valence-electron chi connectivity index (χ2n) is 2.95. The molecule has 0 fully saturated rings. The summed E-state index contributed by atoms with van der Waals surface area (Å²) in [5.74, 6) is -0.407. The van der Waals surface area contributed by atoms with Gasteiger partial charge in [-0.15, -0.1) is 0 Å². The lowest BCUT2D eigenvalue weighted by molar-refractivity contribution is -0.122. The van der Waals surface area contributed by atoms with Crippen molar-refractivity contribution in [2.75, 3.05) is 0 Å². The van der Waals surface area contributed by atoms with Crippen LogP contribution in [0.5, 0.6) is 0 Å². The van der Waals surface area contributed by atoms with Gasteiger partial charge in [0.05, 0.1) is 0 Å². The number of amides is 1. The molecule has 0 bridgehead atoms. The summed E-state index contributed by atoms with van der Waals surface area (Å²) in [7, 11) is 0. The summed E-state index contributed by atoms with van der Waals surface area (Å²) in [6, 6.07) is 4.95. The lowest BCUT2D eigenvalue weighted by atomic mass is 10.1. The first-order valence-corrected chi connectivity index (χ1v) is 5.24. The fourth-order valence-electron chi connectivity index (χ4n) is 1.28. The van der Waals surface area contributed by atoms with Crippen LogP contribution in [0.25, 0.3) is 0 Å². The Morgan fingerprint density at radius 2 is 2.27 bits per heavy atom. The molecule has 0 aliphatic carbocycles. The van der Waals surface area contributed by atoms with Crippen LogP contribution in [0.4, 0.5) is 0 Å². The number of nitrogens with zero attached hydrogens (tertiary/aromatic N) is 1. The SMILES string of the molecule is NC1=NC(=O)C(c2ccc(Cl)cc2Br)O1. The summed E-state index contributed by atoms with van der Waals surface area (Å²) in [6.07, 6.45) is -0.767. The van der Waals surface area contributed by atoms with Crippen molar-refractivity contribution in [3.05, 3.63) is 33.3 Å². The Bertz CT molecular complexity index is 461. The van der Waals surface area contributed by atoms with Crippen LogP contribution in [0.1, 0.15) is 11.7 Å². The quantitative estimate of drug-likeness (QED) is 0.860. The third kappa shape index (κ3) is 1.98. The minimum atomic E-state index is -0.767. The van der Waals surface area contributed by atoms with Crippen molar-refractivity contribution < 1.29 is 9.53 Å². The van der Waals surface area contributed by atoms with Crippen LogP contribution >= 0.6 is 27.5 Å². The second kappa shape index (κ2) is 3.83. The van der Waals surface area contributed by atoms with Gasteiger partial charge in [-0.2, -0.15) is 4.99 Å². The first kappa shape index (κ1) is 10.4. The number of benzene rings is 1. The summed E-state index contributed by atoms with van der Waals surface area (Å²) in [4.78, 5) is 14.9. The molecule has 2 rings (SSSR count). The maximum absolute atomic E-state index is 11.4. The second-order valence-corrected chi connectivity index (χ2v) is 4.24. The van der Waals surface area contributed by atoms with E-state index < -0.39 is 12.0 Å². The van der Waals surface area contributed by atoms with Crippen molar-refractivity contribution in [1.29, 1.82) is 0 Å². The Morgan fingerprint density at radius 3 is 2.80 bits per heavy atom. The molecule has 15 heavy (non-hydrogen) atoms. The summed E-state index contributed by atoms with van der Waals surface area (Å²) in [5, 5.41) is 0.574. The highest BCUT2D eigenvalue weighted by Gasteiger charge is 2.30. The van der Waals surface area contributed by atoms with Crippen molar-refractivity contribution in [3.8, 4) is 0 Å². The highest BCUT2D eigenvalue weighted by atomic mass is 79.9. The monoisotopic (exact) mass is 288 g/mol. The van der Waals surface area contributed by atoms with Crippen molar-refractivity contribution in [2.24, 2.45) is 10.7 Å². The van der Waals surface area contributed by atoms with E-state index in [9.17, 15) is 4.79 Å². The van der Waals surface area contributed by atoms with E-state index in [2.05, 4.69) is 20.9 Å². The van der Waals surface area contributed by atoms with Gasteiger partial charge < -0.3 is 10.5 Å². The molecular weight excluding hydrogens is 283 g/mol. The van der Waals surface area contributed by atoms with Gasteiger partial charge in [-0.05, 0) is 12.1 Å². The molecule has 0 radical (unpaired) electrons. The molecule has 1 atom stereocenters. The lowest BCUT2D eigenvalue weighted by Crippen LogP contribution is -2.14. The third-order valence-corrected chi connectivity index (χ3v) is 2.85. The largest absolute Gasteiger partial charge is 0.447 e. The van der Waals surface area contributed by atoms with Crippen LogP contribution in [0.15, 0.2) is 27.7 Å². The van der Waals surface area contributed by atoms with Crippen molar-refractivity contribution in [3.63, 3.8) is 0 Å².